The van der Waals surface area contributed by atoms with Gasteiger partial charge in [-0.25, -0.2) is 0 Å². The Kier molecular flexibility index (Phi) is 4.92. The van der Waals surface area contributed by atoms with E-state index in [9.17, 15) is 9.59 Å². The Balaban J connectivity index is 1.25. The van der Waals surface area contributed by atoms with Crippen molar-refractivity contribution in [2.24, 2.45) is 5.92 Å². The average Bonchev–Trinajstić information content (AvgIpc) is 3.44. The highest BCUT2D eigenvalue weighted by Crippen LogP contribution is 2.32. The second kappa shape index (κ2) is 8.02. The number of carbonyl (C=O) groups excluding carboxylic acids is 2. The first kappa shape index (κ1) is 19.0. The summed E-state index contributed by atoms with van der Waals surface area (Å²) in [5.41, 5.74) is 1.60. The minimum absolute atomic E-state index is 0.0949. The minimum Gasteiger partial charge on any atom is -0.455 e. The molecular formula is C24H19N3O4. The van der Waals surface area contributed by atoms with E-state index >= 15 is 0 Å². The maximum absolute atomic E-state index is 12.6. The number of ether oxygens (including phenoxy) is 1. The van der Waals surface area contributed by atoms with Crippen LogP contribution in [0.3, 0.4) is 0 Å². The highest BCUT2D eigenvalue weighted by atomic mass is 16.5. The zero-order valence-electron chi connectivity index (χ0n) is 16.6. The lowest BCUT2D eigenvalue weighted by molar-refractivity contribution is -0.150. The molecule has 3 aromatic carbocycles. The smallest absolute Gasteiger partial charge is 0.311 e. The number of hydrogen-bond donors (Lipinski definition) is 0. The van der Waals surface area contributed by atoms with Gasteiger partial charge in [-0.15, -0.1) is 10.2 Å². The summed E-state index contributed by atoms with van der Waals surface area (Å²) in [6.07, 6.45) is 0.112. The fourth-order valence-corrected chi connectivity index (χ4v) is 3.80. The SMILES string of the molecule is O=C(OCc1nnc(-c2ccccc2)o1)[C@H]1CC(=O)N(c2cccc3ccccc23)C1. The van der Waals surface area contributed by atoms with Crippen molar-refractivity contribution in [3.05, 3.63) is 78.7 Å². The highest BCUT2D eigenvalue weighted by Gasteiger charge is 2.36. The molecule has 1 atom stereocenters. The molecule has 31 heavy (non-hydrogen) atoms. The van der Waals surface area contributed by atoms with E-state index in [-0.39, 0.29) is 31.4 Å². The lowest BCUT2D eigenvalue weighted by Gasteiger charge is -2.18. The van der Waals surface area contributed by atoms with Crippen LogP contribution in [0, 0.1) is 5.92 Å². The fourth-order valence-electron chi connectivity index (χ4n) is 3.80. The molecule has 0 saturated carbocycles. The summed E-state index contributed by atoms with van der Waals surface area (Å²) in [6, 6.07) is 23.0. The molecule has 1 aromatic heterocycles. The van der Waals surface area contributed by atoms with E-state index in [2.05, 4.69) is 10.2 Å². The summed E-state index contributed by atoms with van der Waals surface area (Å²) in [5, 5.41) is 9.94. The summed E-state index contributed by atoms with van der Waals surface area (Å²) in [7, 11) is 0. The number of aromatic nitrogens is 2. The number of anilines is 1. The molecule has 1 aliphatic rings. The monoisotopic (exact) mass is 413 g/mol. The number of hydrogen-bond acceptors (Lipinski definition) is 6. The predicted octanol–water partition coefficient (Wildman–Crippen LogP) is 3.99. The second-order valence-electron chi connectivity index (χ2n) is 7.38. The van der Waals surface area contributed by atoms with Crippen molar-refractivity contribution < 1.29 is 18.7 Å². The third kappa shape index (κ3) is 3.77. The normalized spacial score (nSPS) is 16.1. The lowest BCUT2D eigenvalue weighted by Crippen LogP contribution is -2.26. The number of nitrogens with zero attached hydrogens (tertiary/aromatic N) is 3. The maximum Gasteiger partial charge on any atom is 0.311 e. The molecule has 0 radical (unpaired) electrons. The number of fused-ring (bicyclic) bond motifs is 1. The summed E-state index contributed by atoms with van der Waals surface area (Å²) in [5.74, 6) is -0.506. The number of esters is 1. The molecule has 0 unspecified atom stereocenters. The molecule has 5 rings (SSSR count). The van der Waals surface area contributed by atoms with E-state index in [4.69, 9.17) is 9.15 Å². The quantitative estimate of drug-likeness (QED) is 0.460. The number of rotatable bonds is 5. The molecule has 1 saturated heterocycles. The van der Waals surface area contributed by atoms with Crippen molar-refractivity contribution in [1.82, 2.24) is 10.2 Å². The predicted molar refractivity (Wildman–Crippen MR) is 114 cm³/mol. The second-order valence-corrected chi connectivity index (χ2v) is 7.38. The van der Waals surface area contributed by atoms with Crippen LogP contribution in [-0.4, -0.2) is 28.6 Å². The molecule has 2 heterocycles. The number of carbonyl (C=O) groups is 2. The fraction of sp³-hybridized carbons (Fsp3) is 0.167. The van der Waals surface area contributed by atoms with E-state index in [0.29, 0.717) is 5.89 Å². The van der Waals surface area contributed by atoms with Crippen LogP contribution in [0.4, 0.5) is 5.69 Å². The van der Waals surface area contributed by atoms with Gasteiger partial charge in [0.05, 0.1) is 11.6 Å². The van der Waals surface area contributed by atoms with Gasteiger partial charge in [-0.3, -0.25) is 9.59 Å². The van der Waals surface area contributed by atoms with Crippen molar-refractivity contribution in [2.45, 2.75) is 13.0 Å². The third-order valence-electron chi connectivity index (χ3n) is 5.34. The summed E-state index contributed by atoms with van der Waals surface area (Å²) in [4.78, 5) is 26.9. The average molecular weight is 413 g/mol. The van der Waals surface area contributed by atoms with E-state index in [0.717, 1.165) is 22.0 Å². The van der Waals surface area contributed by atoms with Crippen LogP contribution in [0.25, 0.3) is 22.2 Å². The third-order valence-corrected chi connectivity index (χ3v) is 5.34. The number of amides is 1. The van der Waals surface area contributed by atoms with Crippen LogP contribution in [-0.2, 0) is 20.9 Å². The minimum atomic E-state index is -0.539. The zero-order chi connectivity index (χ0) is 21.2. The van der Waals surface area contributed by atoms with Crippen molar-refractivity contribution in [3.8, 4) is 11.5 Å². The molecule has 7 heteroatoms. The largest absolute Gasteiger partial charge is 0.455 e. The van der Waals surface area contributed by atoms with Crippen molar-refractivity contribution in [3.63, 3.8) is 0 Å². The van der Waals surface area contributed by atoms with E-state index in [1.54, 1.807) is 4.90 Å². The lowest BCUT2D eigenvalue weighted by atomic mass is 10.1. The van der Waals surface area contributed by atoms with Crippen LogP contribution in [0.15, 0.2) is 77.2 Å². The molecular weight excluding hydrogens is 394 g/mol. The first-order valence-corrected chi connectivity index (χ1v) is 10.0. The summed E-state index contributed by atoms with van der Waals surface area (Å²) in [6.45, 7) is 0.155. The van der Waals surface area contributed by atoms with Crippen LogP contribution < -0.4 is 4.90 Å². The van der Waals surface area contributed by atoms with Gasteiger partial charge in [0.15, 0.2) is 6.61 Å². The first-order valence-electron chi connectivity index (χ1n) is 10.0. The van der Waals surface area contributed by atoms with Gasteiger partial charge < -0.3 is 14.1 Å². The highest BCUT2D eigenvalue weighted by molar-refractivity contribution is 6.06. The molecule has 1 aliphatic heterocycles. The van der Waals surface area contributed by atoms with Crippen LogP contribution in [0.2, 0.25) is 0 Å². The molecule has 0 aliphatic carbocycles. The van der Waals surface area contributed by atoms with Gasteiger partial charge >= 0.3 is 5.97 Å². The van der Waals surface area contributed by atoms with Crippen LogP contribution >= 0.6 is 0 Å². The Morgan fingerprint density at radius 3 is 2.65 bits per heavy atom. The molecule has 7 nitrogen and oxygen atoms in total. The Hall–Kier alpha value is -4.00. The van der Waals surface area contributed by atoms with E-state index in [1.807, 2.05) is 72.8 Å². The van der Waals surface area contributed by atoms with E-state index < -0.39 is 11.9 Å². The Bertz CT molecular complexity index is 1250. The topological polar surface area (TPSA) is 85.5 Å². The van der Waals surface area contributed by atoms with Crippen LogP contribution in [0.5, 0.6) is 0 Å². The first-order chi connectivity index (χ1) is 15.2. The van der Waals surface area contributed by atoms with Crippen molar-refractivity contribution in [1.29, 1.82) is 0 Å². The summed E-state index contributed by atoms with van der Waals surface area (Å²) >= 11 is 0. The van der Waals surface area contributed by atoms with Gasteiger partial charge in [0.1, 0.15) is 0 Å². The Morgan fingerprint density at radius 2 is 1.77 bits per heavy atom. The molecule has 0 spiro atoms. The Labute approximate surface area is 178 Å². The molecule has 154 valence electrons. The zero-order valence-corrected chi connectivity index (χ0v) is 16.6. The van der Waals surface area contributed by atoms with Crippen molar-refractivity contribution >= 4 is 28.3 Å². The Morgan fingerprint density at radius 1 is 1.00 bits per heavy atom. The maximum atomic E-state index is 12.6. The van der Waals surface area contributed by atoms with Gasteiger partial charge in [-0.05, 0) is 23.6 Å². The number of benzene rings is 3. The van der Waals surface area contributed by atoms with Gasteiger partial charge in [0.25, 0.3) is 5.89 Å². The van der Waals surface area contributed by atoms with Crippen molar-refractivity contribution in [2.75, 3.05) is 11.4 Å². The van der Waals surface area contributed by atoms with Gasteiger partial charge in [-0.1, -0.05) is 54.6 Å². The molecule has 0 bridgehead atoms. The molecule has 4 aromatic rings. The van der Waals surface area contributed by atoms with Gasteiger partial charge in [0.2, 0.25) is 11.8 Å². The molecule has 1 fully saturated rings. The van der Waals surface area contributed by atoms with Crippen LogP contribution in [0.1, 0.15) is 12.3 Å². The summed E-state index contributed by atoms with van der Waals surface area (Å²) < 4.78 is 10.9. The van der Waals surface area contributed by atoms with E-state index in [1.165, 1.54) is 0 Å². The molecule has 1 amide bonds. The van der Waals surface area contributed by atoms with Gasteiger partial charge in [0, 0.05) is 23.9 Å². The molecule has 0 N–H and O–H groups in total. The van der Waals surface area contributed by atoms with Gasteiger partial charge in [-0.2, -0.15) is 0 Å². The standard InChI is InChI=1S/C24H19N3O4/c28-22-13-18(14-27(22)20-12-6-10-16-7-4-5-11-19(16)20)24(29)30-15-21-25-26-23(31-21)17-8-2-1-3-9-17/h1-12,18H,13-15H2/t18-/m0/s1.